The third kappa shape index (κ3) is 5.40. The smallest absolute Gasteiger partial charge is 0.244 e. The van der Waals surface area contributed by atoms with Gasteiger partial charge in [-0.25, -0.2) is 13.1 Å². The Labute approximate surface area is 137 Å². The van der Waals surface area contributed by atoms with Gasteiger partial charge in [-0.2, -0.15) is 0 Å². The fraction of sp³-hybridized carbons (Fsp3) is 0.571. The highest BCUT2D eigenvalue weighted by molar-refractivity contribution is 7.89. The maximum atomic E-state index is 12.6. The van der Waals surface area contributed by atoms with E-state index >= 15 is 0 Å². The van der Waals surface area contributed by atoms with Crippen LogP contribution in [0.1, 0.15) is 20.8 Å². The Morgan fingerprint density at radius 1 is 1.41 bits per heavy atom. The van der Waals surface area contributed by atoms with Crippen molar-refractivity contribution in [2.75, 3.05) is 20.3 Å². The van der Waals surface area contributed by atoms with Crippen molar-refractivity contribution in [2.45, 2.75) is 37.3 Å². The number of nitrogens with one attached hydrogen (secondary N) is 1. The molecule has 0 radical (unpaired) electrons. The Kier molecular flexibility index (Phi) is 6.64. The van der Waals surface area contributed by atoms with Gasteiger partial charge in [-0.05, 0) is 39.0 Å². The van der Waals surface area contributed by atoms with Gasteiger partial charge in [0.25, 0.3) is 0 Å². The summed E-state index contributed by atoms with van der Waals surface area (Å²) < 4.78 is 38.3. The molecule has 22 heavy (non-hydrogen) atoms. The summed E-state index contributed by atoms with van der Waals surface area (Å²) in [7, 11) is -2.28. The van der Waals surface area contributed by atoms with Gasteiger partial charge in [0, 0.05) is 24.2 Å². The van der Waals surface area contributed by atoms with Gasteiger partial charge in [0.1, 0.15) is 16.7 Å². The summed E-state index contributed by atoms with van der Waals surface area (Å²) in [5, 5.41) is 0.303. The third-order valence-electron chi connectivity index (χ3n) is 2.85. The molecule has 0 aliphatic rings. The number of ether oxygens (including phenoxy) is 2. The molecule has 1 aromatic carbocycles. The van der Waals surface area contributed by atoms with Gasteiger partial charge in [-0.3, -0.25) is 0 Å². The molecule has 0 spiro atoms. The summed E-state index contributed by atoms with van der Waals surface area (Å²) in [6.07, 6.45) is -0.303. The topological polar surface area (TPSA) is 90.6 Å². The second kappa shape index (κ2) is 7.61. The van der Waals surface area contributed by atoms with Gasteiger partial charge < -0.3 is 15.2 Å². The SMILES string of the molecule is COCC(C)Oc1ccc(Cl)cc1S(=O)(=O)NC(C)(C)CN. The summed E-state index contributed by atoms with van der Waals surface area (Å²) in [6, 6.07) is 4.45. The molecule has 0 fully saturated rings. The van der Waals surface area contributed by atoms with Crippen LogP contribution in [0.4, 0.5) is 0 Å². The Morgan fingerprint density at radius 2 is 2.05 bits per heavy atom. The molecule has 8 heteroatoms. The van der Waals surface area contributed by atoms with Crippen molar-refractivity contribution in [1.82, 2.24) is 4.72 Å². The lowest BCUT2D eigenvalue weighted by Crippen LogP contribution is -2.48. The fourth-order valence-corrected chi connectivity index (χ4v) is 3.56. The zero-order chi connectivity index (χ0) is 17.0. The lowest BCUT2D eigenvalue weighted by atomic mass is 10.1. The molecule has 0 heterocycles. The summed E-state index contributed by atoms with van der Waals surface area (Å²) >= 11 is 5.93. The number of nitrogens with two attached hydrogens (primary N) is 1. The first-order valence-corrected chi connectivity index (χ1v) is 8.66. The second-order valence-electron chi connectivity index (χ2n) is 5.67. The van der Waals surface area contributed by atoms with E-state index in [1.165, 1.54) is 12.1 Å². The summed E-state index contributed by atoms with van der Waals surface area (Å²) in [5.41, 5.74) is 4.80. The van der Waals surface area contributed by atoms with E-state index in [9.17, 15) is 8.42 Å². The molecule has 0 amide bonds. The van der Waals surface area contributed by atoms with Crippen molar-refractivity contribution < 1.29 is 17.9 Å². The molecule has 126 valence electrons. The number of hydrogen-bond acceptors (Lipinski definition) is 5. The highest BCUT2D eigenvalue weighted by Crippen LogP contribution is 2.29. The Morgan fingerprint density at radius 3 is 2.59 bits per heavy atom. The molecule has 1 unspecified atom stereocenters. The number of methoxy groups -OCH3 is 1. The molecule has 1 aromatic rings. The molecule has 0 aliphatic heterocycles. The molecule has 0 bridgehead atoms. The minimum absolute atomic E-state index is 0.0236. The van der Waals surface area contributed by atoms with E-state index in [0.29, 0.717) is 11.6 Å². The molecule has 1 rings (SSSR count). The quantitative estimate of drug-likeness (QED) is 0.745. The maximum Gasteiger partial charge on any atom is 0.244 e. The van der Waals surface area contributed by atoms with Crippen molar-refractivity contribution in [3.05, 3.63) is 23.2 Å². The first kappa shape index (κ1) is 19.2. The first-order chi connectivity index (χ1) is 10.1. The van der Waals surface area contributed by atoms with Crippen molar-refractivity contribution in [1.29, 1.82) is 0 Å². The van der Waals surface area contributed by atoms with Gasteiger partial charge in [-0.15, -0.1) is 0 Å². The molecule has 0 saturated heterocycles. The van der Waals surface area contributed by atoms with Crippen molar-refractivity contribution in [3.63, 3.8) is 0 Å². The highest BCUT2D eigenvalue weighted by Gasteiger charge is 2.28. The van der Waals surface area contributed by atoms with E-state index in [4.69, 9.17) is 26.8 Å². The van der Waals surface area contributed by atoms with Crippen LogP contribution < -0.4 is 15.2 Å². The van der Waals surface area contributed by atoms with Crippen LogP contribution in [0.15, 0.2) is 23.1 Å². The molecule has 0 aromatic heterocycles. The zero-order valence-electron chi connectivity index (χ0n) is 13.2. The zero-order valence-corrected chi connectivity index (χ0v) is 14.8. The number of hydrogen-bond donors (Lipinski definition) is 2. The molecule has 6 nitrogen and oxygen atoms in total. The van der Waals surface area contributed by atoms with Crippen LogP contribution in [0.25, 0.3) is 0 Å². The number of sulfonamides is 1. The van der Waals surface area contributed by atoms with Crippen LogP contribution in [0, 0.1) is 0 Å². The van der Waals surface area contributed by atoms with E-state index in [2.05, 4.69) is 4.72 Å². The van der Waals surface area contributed by atoms with E-state index in [1.54, 1.807) is 33.9 Å². The van der Waals surface area contributed by atoms with Crippen LogP contribution >= 0.6 is 11.6 Å². The lowest BCUT2D eigenvalue weighted by Gasteiger charge is -2.25. The molecular formula is C14H23ClN2O4S. The number of benzene rings is 1. The van der Waals surface area contributed by atoms with E-state index in [1.807, 2.05) is 0 Å². The molecule has 0 aliphatic carbocycles. The van der Waals surface area contributed by atoms with Gasteiger partial charge in [-0.1, -0.05) is 11.6 Å². The Bertz CT molecular complexity index is 605. The average Bonchev–Trinajstić information content (AvgIpc) is 2.40. The monoisotopic (exact) mass is 350 g/mol. The van der Waals surface area contributed by atoms with Gasteiger partial charge in [0.15, 0.2) is 0 Å². The predicted molar refractivity (Wildman–Crippen MR) is 86.9 cm³/mol. The van der Waals surface area contributed by atoms with E-state index in [-0.39, 0.29) is 23.3 Å². The second-order valence-corrected chi connectivity index (χ2v) is 7.76. The summed E-state index contributed by atoms with van der Waals surface area (Å²) in [4.78, 5) is -0.0236. The van der Waals surface area contributed by atoms with Crippen molar-refractivity contribution in [3.8, 4) is 5.75 Å². The molecule has 3 N–H and O–H groups in total. The van der Waals surface area contributed by atoms with Crippen LogP contribution in [0.3, 0.4) is 0 Å². The van der Waals surface area contributed by atoms with Crippen LogP contribution in [-0.4, -0.2) is 40.3 Å². The van der Waals surface area contributed by atoms with Gasteiger partial charge in [0.2, 0.25) is 10.0 Å². The first-order valence-electron chi connectivity index (χ1n) is 6.80. The van der Waals surface area contributed by atoms with Gasteiger partial charge in [0.05, 0.1) is 6.61 Å². The molecule has 0 saturated carbocycles. The standard InChI is InChI=1S/C14H23ClN2O4S/c1-10(8-20-4)21-12-6-5-11(15)7-13(12)22(18,19)17-14(2,3)9-16/h5-7,10,17H,8-9,16H2,1-4H3. The third-order valence-corrected chi connectivity index (χ3v) is 4.80. The predicted octanol–water partition coefficient (Wildman–Crippen LogP) is 1.77. The van der Waals surface area contributed by atoms with Crippen molar-refractivity contribution >= 4 is 21.6 Å². The van der Waals surface area contributed by atoms with Crippen molar-refractivity contribution in [2.24, 2.45) is 5.73 Å². The van der Waals surface area contributed by atoms with Crippen LogP contribution in [-0.2, 0) is 14.8 Å². The Hall–Kier alpha value is -0.860. The summed E-state index contributed by atoms with van der Waals surface area (Å²) in [6.45, 7) is 5.67. The molecule has 1 atom stereocenters. The fourth-order valence-electron chi connectivity index (χ4n) is 1.74. The average molecular weight is 351 g/mol. The van der Waals surface area contributed by atoms with Crippen LogP contribution in [0.2, 0.25) is 5.02 Å². The minimum Gasteiger partial charge on any atom is -0.487 e. The minimum atomic E-state index is -3.82. The van der Waals surface area contributed by atoms with E-state index < -0.39 is 15.6 Å². The number of halogens is 1. The number of rotatable bonds is 8. The summed E-state index contributed by atoms with van der Waals surface area (Å²) in [5.74, 6) is 0.217. The maximum absolute atomic E-state index is 12.6. The highest BCUT2D eigenvalue weighted by atomic mass is 35.5. The lowest BCUT2D eigenvalue weighted by molar-refractivity contribution is 0.0901. The van der Waals surface area contributed by atoms with Crippen LogP contribution in [0.5, 0.6) is 5.75 Å². The Balaban J connectivity index is 3.19. The van der Waals surface area contributed by atoms with Gasteiger partial charge >= 0.3 is 0 Å². The molecular weight excluding hydrogens is 328 g/mol. The normalized spacial score (nSPS) is 13.9. The largest absolute Gasteiger partial charge is 0.487 e. The van der Waals surface area contributed by atoms with E-state index in [0.717, 1.165) is 0 Å².